The van der Waals surface area contributed by atoms with E-state index in [0.717, 1.165) is 18.4 Å². The Morgan fingerprint density at radius 3 is 2.09 bits per heavy atom. The molecule has 2 aromatic carbocycles. The van der Waals surface area contributed by atoms with Gasteiger partial charge in [0.25, 0.3) is 0 Å². The summed E-state index contributed by atoms with van der Waals surface area (Å²) in [4.78, 5) is 2.34. The Hall–Kier alpha value is -2.57. The van der Waals surface area contributed by atoms with Gasteiger partial charge in [0.05, 0.1) is 17.0 Å². The number of sulfonamides is 1. The van der Waals surface area contributed by atoms with Crippen LogP contribution in [0, 0.1) is 17.6 Å². The summed E-state index contributed by atoms with van der Waals surface area (Å²) in [6, 6.07) is 9.72. The lowest BCUT2D eigenvalue weighted by Gasteiger charge is -2.27. The second kappa shape index (κ2) is 12.8. The van der Waals surface area contributed by atoms with Crippen LogP contribution in [0.3, 0.4) is 0 Å². The molecule has 0 amide bonds. The molecule has 0 aliphatic heterocycles. The van der Waals surface area contributed by atoms with Gasteiger partial charge in [-0.1, -0.05) is 44.1 Å². The first-order valence-electron chi connectivity index (χ1n) is 10.1. The minimum atomic E-state index is -3.70. The molecule has 0 aliphatic carbocycles. The summed E-state index contributed by atoms with van der Waals surface area (Å²) in [6.07, 6.45) is -0.198. The Bertz CT molecular complexity index is 1200. The van der Waals surface area contributed by atoms with Gasteiger partial charge in [0.15, 0.2) is 9.84 Å². The van der Waals surface area contributed by atoms with Crippen LogP contribution in [0.5, 0.6) is 0 Å². The Balaban J connectivity index is 0.000000404. The van der Waals surface area contributed by atoms with Gasteiger partial charge in [0, 0.05) is 30.3 Å². The van der Waals surface area contributed by atoms with E-state index in [1.807, 2.05) is 13.8 Å². The summed E-state index contributed by atoms with van der Waals surface area (Å²) >= 11 is 0. The highest BCUT2D eigenvalue weighted by Gasteiger charge is 2.28. The van der Waals surface area contributed by atoms with E-state index in [1.165, 1.54) is 16.4 Å². The van der Waals surface area contributed by atoms with Crippen molar-refractivity contribution < 1.29 is 30.7 Å². The van der Waals surface area contributed by atoms with Crippen LogP contribution in [0.2, 0.25) is 0 Å². The lowest BCUT2D eigenvalue weighted by atomic mass is 10.2. The van der Waals surface area contributed by atoms with Crippen LogP contribution in [-0.2, 0) is 19.9 Å². The molecular formula is C21H28F2N4O5S2. The molecular weight excluding hydrogens is 490 g/mol. The smallest absolute Gasteiger partial charge is 0.243 e. The van der Waals surface area contributed by atoms with Crippen molar-refractivity contribution >= 4 is 19.9 Å². The number of hydrogen-bond acceptors (Lipinski definition) is 6. The minimum absolute atomic E-state index is 0.0976. The monoisotopic (exact) mass is 518 g/mol. The highest BCUT2D eigenvalue weighted by atomic mass is 32.2. The molecule has 13 heteroatoms. The van der Waals surface area contributed by atoms with Crippen LogP contribution in [-0.4, -0.2) is 57.7 Å². The maximum absolute atomic E-state index is 12.7. The third-order valence-electron chi connectivity index (χ3n) is 4.42. The summed E-state index contributed by atoms with van der Waals surface area (Å²) < 4.78 is 73.3. The van der Waals surface area contributed by atoms with Gasteiger partial charge >= 0.3 is 0 Å². The first-order chi connectivity index (χ1) is 15.7. The molecule has 2 atom stereocenters. The van der Waals surface area contributed by atoms with E-state index in [-0.39, 0.29) is 23.9 Å². The summed E-state index contributed by atoms with van der Waals surface area (Å²) in [5.41, 5.74) is 8.42. The quantitative estimate of drug-likeness (QED) is 0.233. The van der Waals surface area contributed by atoms with Gasteiger partial charge in [-0.3, -0.25) is 0 Å². The van der Waals surface area contributed by atoms with E-state index in [1.54, 1.807) is 25.1 Å². The van der Waals surface area contributed by atoms with Gasteiger partial charge in [0.1, 0.15) is 16.5 Å². The molecule has 2 rings (SSSR count). The van der Waals surface area contributed by atoms with Gasteiger partial charge in [0.2, 0.25) is 10.0 Å². The number of hydrogen-bond donors (Lipinski definition) is 1. The molecule has 34 heavy (non-hydrogen) atoms. The second-order valence-corrected chi connectivity index (χ2v) is 11.8. The van der Waals surface area contributed by atoms with Crippen molar-refractivity contribution in [1.29, 1.82) is 0 Å². The number of aliphatic hydroxyl groups excluding tert-OH is 1. The maximum atomic E-state index is 12.7. The van der Waals surface area contributed by atoms with Crippen molar-refractivity contribution in [2.75, 3.05) is 19.3 Å². The van der Waals surface area contributed by atoms with Crippen molar-refractivity contribution in [3.8, 4) is 0 Å². The lowest BCUT2D eigenvalue weighted by molar-refractivity contribution is 0.122. The van der Waals surface area contributed by atoms with Crippen LogP contribution in [0.15, 0.2) is 63.4 Å². The molecule has 1 unspecified atom stereocenters. The standard InChI is InChI=1S/C14H22N4O3S.C7H6F2O2S/c1-11(2)9-18(10-14(19)12(3)16-17-15)22(20,21)13-7-5-4-6-8-13;1-12(10,11)7-3-2-5(8)4-6(7)9/h4-8,11-12,14,19H,9-10H2,1-3H3;2-4H,1H3/t12-,14?;/m0./s1. The van der Waals surface area contributed by atoms with Gasteiger partial charge in [-0.05, 0) is 35.7 Å². The van der Waals surface area contributed by atoms with Gasteiger partial charge in [-0.25, -0.2) is 25.6 Å². The zero-order chi connectivity index (χ0) is 26.1. The van der Waals surface area contributed by atoms with Crippen molar-refractivity contribution in [2.24, 2.45) is 11.0 Å². The average Bonchev–Trinajstić information content (AvgIpc) is 2.73. The highest BCUT2D eigenvalue weighted by Crippen LogP contribution is 2.18. The van der Waals surface area contributed by atoms with E-state index in [9.17, 15) is 30.7 Å². The maximum Gasteiger partial charge on any atom is 0.243 e. The zero-order valence-corrected chi connectivity index (χ0v) is 20.8. The molecule has 0 spiro atoms. The fourth-order valence-electron chi connectivity index (χ4n) is 2.72. The third-order valence-corrected chi connectivity index (χ3v) is 7.40. The summed E-state index contributed by atoms with van der Waals surface area (Å²) in [5, 5.41) is 13.5. The molecule has 0 fully saturated rings. The number of azide groups is 1. The van der Waals surface area contributed by atoms with Crippen LogP contribution in [0.4, 0.5) is 8.78 Å². The molecule has 0 aliphatic rings. The summed E-state index contributed by atoms with van der Waals surface area (Å²) in [6.45, 7) is 5.51. The molecule has 0 saturated heterocycles. The molecule has 2 aromatic rings. The van der Waals surface area contributed by atoms with Gasteiger partial charge in [-0.2, -0.15) is 4.31 Å². The minimum Gasteiger partial charge on any atom is -0.391 e. The lowest BCUT2D eigenvalue weighted by Crippen LogP contribution is -2.42. The van der Waals surface area contributed by atoms with Crippen molar-refractivity contribution in [2.45, 2.75) is 42.7 Å². The highest BCUT2D eigenvalue weighted by molar-refractivity contribution is 7.90. The first kappa shape index (κ1) is 29.5. The fraction of sp³-hybridized carbons (Fsp3) is 0.429. The number of halogens is 2. The molecule has 0 radical (unpaired) electrons. The average molecular weight is 519 g/mol. The number of sulfone groups is 1. The topological polar surface area (TPSA) is 141 Å². The molecule has 0 aromatic heterocycles. The molecule has 0 bridgehead atoms. The van der Waals surface area contributed by atoms with Gasteiger partial charge < -0.3 is 5.11 Å². The second-order valence-electron chi connectivity index (χ2n) is 7.89. The van der Waals surface area contributed by atoms with Crippen LogP contribution in [0.1, 0.15) is 20.8 Å². The third kappa shape index (κ3) is 8.99. The Morgan fingerprint density at radius 1 is 1.03 bits per heavy atom. The van der Waals surface area contributed by atoms with Crippen LogP contribution in [0.25, 0.3) is 10.4 Å². The molecule has 0 heterocycles. The predicted molar refractivity (Wildman–Crippen MR) is 124 cm³/mol. The van der Waals surface area contributed by atoms with E-state index >= 15 is 0 Å². The SMILES string of the molecule is CC(C)CN(CC(O)[C@H](C)N=[N+]=[N-])S(=O)(=O)c1ccccc1.CS(=O)(=O)c1ccc(F)cc1F. The van der Waals surface area contributed by atoms with E-state index < -0.39 is 48.5 Å². The van der Waals surface area contributed by atoms with Gasteiger partial charge in [-0.15, -0.1) is 0 Å². The number of benzene rings is 2. The van der Waals surface area contributed by atoms with Crippen LogP contribution < -0.4 is 0 Å². The zero-order valence-electron chi connectivity index (χ0n) is 19.2. The van der Waals surface area contributed by atoms with E-state index in [4.69, 9.17) is 5.53 Å². The molecule has 0 saturated carbocycles. The number of nitrogens with zero attached hydrogens (tertiary/aromatic N) is 4. The largest absolute Gasteiger partial charge is 0.391 e. The number of rotatable bonds is 9. The first-order valence-corrected chi connectivity index (χ1v) is 13.5. The van der Waals surface area contributed by atoms with Crippen molar-refractivity contribution in [3.63, 3.8) is 0 Å². The van der Waals surface area contributed by atoms with Crippen LogP contribution >= 0.6 is 0 Å². The summed E-state index contributed by atoms with van der Waals surface area (Å²) in [7, 11) is -7.29. The molecule has 1 N–H and O–H groups in total. The van der Waals surface area contributed by atoms with Crippen molar-refractivity contribution in [3.05, 3.63) is 70.6 Å². The predicted octanol–water partition coefficient (Wildman–Crippen LogP) is 3.76. The Morgan fingerprint density at radius 2 is 1.62 bits per heavy atom. The Kier molecular flexibility index (Phi) is 11.1. The van der Waals surface area contributed by atoms with E-state index in [0.29, 0.717) is 6.07 Å². The Labute approximate surface area is 198 Å². The number of aliphatic hydroxyl groups is 1. The normalized spacial score (nSPS) is 13.6. The van der Waals surface area contributed by atoms with Crippen molar-refractivity contribution in [1.82, 2.24) is 4.31 Å². The molecule has 9 nitrogen and oxygen atoms in total. The molecule has 188 valence electrons. The van der Waals surface area contributed by atoms with E-state index in [2.05, 4.69) is 10.0 Å². The fourth-order valence-corrected chi connectivity index (χ4v) is 5.09. The summed E-state index contributed by atoms with van der Waals surface area (Å²) in [5.74, 6) is -1.75.